The third-order valence-corrected chi connectivity index (χ3v) is 6.09. The number of aliphatic hydroxyl groups is 1. The van der Waals surface area contributed by atoms with Crippen LogP contribution in [0.25, 0.3) is 22.4 Å². The van der Waals surface area contributed by atoms with E-state index in [0.717, 1.165) is 33.5 Å². The van der Waals surface area contributed by atoms with E-state index in [9.17, 15) is 9.90 Å². The molecule has 9 heteroatoms. The van der Waals surface area contributed by atoms with Gasteiger partial charge in [-0.3, -0.25) is 14.5 Å². The highest BCUT2D eigenvalue weighted by Gasteiger charge is 2.23. The Balaban J connectivity index is 1.48. The van der Waals surface area contributed by atoms with E-state index in [4.69, 9.17) is 4.42 Å². The van der Waals surface area contributed by atoms with Gasteiger partial charge in [-0.15, -0.1) is 0 Å². The van der Waals surface area contributed by atoms with Crippen molar-refractivity contribution >= 4 is 28.2 Å². The van der Waals surface area contributed by atoms with Crippen LogP contribution >= 0.6 is 0 Å². The summed E-state index contributed by atoms with van der Waals surface area (Å²) in [7, 11) is 1.91. The third-order valence-electron chi connectivity index (χ3n) is 6.09. The molecule has 1 saturated heterocycles. The Morgan fingerprint density at radius 1 is 1.21 bits per heavy atom. The van der Waals surface area contributed by atoms with Crippen LogP contribution in [0.1, 0.15) is 34.7 Å². The van der Waals surface area contributed by atoms with Crippen LogP contribution in [0.5, 0.6) is 0 Å². The molecule has 3 aromatic heterocycles. The summed E-state index contributed by atoms with van der Waals surface area (Å²) in [6.45, 7) is 5.26. The molecular formula is C24H26N6O3. The zero-order valence-electron chi connectivity index (χ0n) is 18.9. The molecule has 1 aliphatic rings. The minimum absolute atomic E-state index is 0.197. The average molecular weight is 447 g/mol. The molecule has 0 unspecified atom stereocenters. The van der Waals surface area contributed by atoms with Crippen LogP contribution in [0.2, 0.25) is 0 Å². The number of pyridine rings is 1. The monoisotopic (exact) mass is 446 g/mol. The lowest BCUT2D eigenvalue weighted by Crippen LogP contribution is -2.36. The van der Waals surface area contributed by atoms with Crippen molar-refractivity contribution in [1.29, 1.82) is 0 Å². The number of carbonyl (C=O) groups is 1. The van der Waals surface area contributed by atoms with E-state index in [1.807, 2.05) is 37.7 Å². The van der Waals surface area contributed by atoms with Crippen LogP contribution in [0, 0.1) is 13.8 Å². The lowest BCUT2D eigenvalue weighted by atomic mass is 10.1. The molecule has 1 amide bonds. The molecule has 33 heavy (non-hydrogen) atoms. The molecule has 0 aliphatic carbocycles. The number of carbonyl (C=O) groups excluding carboxylic acids is 1. The molecule has 0 radical (unpaired) electrons. The number of fused-ring (bicyclic) bond motifs is 1. The number of benzene rings is 1. The van der Waals surface area contributed by atoms with Crippen molar-refractivity contribution in [1.82, 2.24) is 19.7 Å². The van der Waals surface area contributed by atoms with E-state index < -0.39 is 0 Å². The SMILES string of the molecule is Cc1cc(-c2nc(C(=O)Nc3cc4c(C)nn(C)c4cc3N3CCC(O)CC3)co2)ccn1. The summed E-state index contributed by atoms with van der Waals surface area (Å²) in [6.07, 6.45) is 4.14. The Kier molecular flexibility index (Phi) is 5.33. The first-order valence-electron chi connectivity index (χ1n) is 11.0. The van der Waals surface area contributed by atoms with Crippen LogP contribution in [0.15, 0.2) is 41.1 Å². The predicted molar refractivity (Wildman–Crippen MR) is 125 cm³/mol. The maximum absolute atomic E-state index is 13.1. The predicted octanol–water partition coefficient (Wildman–Crippen LogP) is 3.45. The van der Waals surface area contributed by atoms with E-state index in [-0.39, 0.29) is 17.7 Å². The molecule has 9 nitrogen and oxygen atoms in total. The highest BCUT2D eigenvalue weighted by molar-refractivity contribution is 6.06. The van der Waals surface area contributed by atoms with Gasteiger partial charge in [0.25, 0.3) is 5.91 Å². The fraction of sp³-hybridized carbons (Fsp3) is 0.333. The molecule has 170 valence electrons. The number of aliphatic hydroxyl groups excluding tert-OH is 1. The van der Waals surface area contributed by atoms with Crippen molar-refractivity contribution in [3.63, 3.8) is 0 Å². The van der Waals surface area contributed by atoms with Crippen LogP contribution in [-0.4, -0.2) is 50.0 Å². The molecule has 1 fully saturated rings. The van der Waals surface area contributed by atoms with Crippen molar-refractivity contribution < 1.29 is 14.3 Å². The number of nitrogens with zero attached hydrogens (tertiary/aromatic N) is 5. The number of nitrogens with one attached hydrogen (secondary N) is 1. The fourth-order valence-electron chi connectivity index (χ4n) is 4.31. The first-order valence-corrected chi connectivity index (χ1v) is 11.0. The molecule has 0 spiro atoms. The lowest BCUT2D eigenvalue weighted by Gasteiger charge is -2.33. The summed E-state index contributed by atoms with van der Waals surface area (Å²) in [5.41, 5.74) is 5.27. The largest absolute Gasteiger partial charge is 0.444 e. The summed E-state index contributed by atoms with van der Waals surface area (Å²) < 4.78 is 7.41. The molecule has 5 rings (SSSR count). The van der Waals surface area contributed by atoms with E-state index >= 15 is 0 Å². The first-order chi connectivity index (χ1) is 15.9. The second-order valence-electron chi connectivity index (χ2n) is 8.49. The van der Waals surface area contributed by atoms with E-state index in [2.05, 4.69) is 31.3 Å². The van der Waals surface area contributed by atoms with Crippen molar-refractivity contribution in [2.24, 2.45) is 7.05 Å². The highest BCUT2D eigenvalue weighted by atomic mass is 16.3. The van der Waals surface area contributed by atoms with Gasteiger partial charge in [-0.25, -0.2) is 4.98 Å². The zero-order valence-corrected chi connectivity index (χ0v) is 18.9. The molecule has 0 saturated carbocycles. The standard InChI is InChI=1S/C24H26N6O3/c1-14-10-16(4-7-25-14)24-27-20(13-33-24)23(32)26-19-11-18-15(2)28-29(3)21(18)12-22(19)30-8-5-17(31)6-9-30/h4,7,10-13,17,31H,5-6,8-9H2,1-3H3,(H,26,32). The lowest BCUT2D eigenvalue weighted by molar-refractivity contribution is 0.102. The van der Waals surface area contributed by atoms with Gasteiger partial charge < -0.3 is 19.7 Å². The van der Waals surface area contributed by atoms with Gasteiger partial charge in [-0.05, 0) is 51.0 Å². The number of piperidine rings is 1. The summed E-state index contributed by atoms with van der Waals surface area (Å²) >= 11 is 0. The van der Waals surface area contributed by atoms with Crippen LogP contribution in [0.4, 0.5) is 11.4 Å². The van der Waals surface area contributed by atoms with Crippen LogP contribution in [-0.2, 0) is 7.05 Å². The summed E-state index contributed by atoms with van der Waals surface area (Å²) in [4.78, 5) is 23.9. The quantitative estimate of drug-likeness (QED) is 0.494. The number of aryl methyl sites for hydroxylation is 3. The minimum atomic E-state index is -0.352. The van der Waals surface area contributed by atoms with Crippen molar-refractivity contribution in [3.05, 3.63) is 53.8 Å². The highest BCUT2D eigenvalue weighted by Crippen LogP contribution is 2.34. The van der Waals surface area contributed by atoms with Gasteiger partial charge in [0.1, 0.15) is 6.26 Å². The Labute approximate surface area is 191 Å². The molecule has 4 aromatic rings. The molecule has 1 aliphatic heterocycles. The average Bonchev–Trinajstić information content (AvgIpc) is 3.39. The van der Waals surface area contributed by atoms with Gasteiger partial charge in [-0.1, -0.05) is 0 Å². The van der Waals surface area contributed by atoms with Crippen LogP contribution in [0.3, 0.4) is 0 Å². The number of hydrogen-bond donors (Lipinski definition) is 2. The topological polar surface area (TPSA) is 109 Å². The van der Waals surface area contributed by atoms with Crippen LogP contribution < -0.4 is 10.2 Å². The summed E-state index contributed by atoms with van der Waals surface area (Å²) in [6, 6.07) is 7.66. The first kappa shape index (κ1) is 21.1. The number of rotatable bonds is 4. The Hall–Kier alpha value is -3.72. The molecule has 4 heterocycles. The Morgan fingerprint density at radius 2 is 2.00 bits per heavy atom. The number of anilines is 2. The molecule has 0 bridgehead atoms. The third kappa shape index (κ3) is 4.07. The van der Waals surface area contributed by atoms with Gasteiger partial charge in [-0.2, -0.15) is 5.10 Å². The number of hydrogen-bond acceptors (Lipinski definition) is 7. The number of oxazole rings is 1. The fourth-order valence-corrected chi connectivity index (χ4v) is 4.31. The van der Waals surface area contributed by atoms with Crippen molar-refractivity contribution in [2.75, 3.05) is 23.3 Å². The second-order valence-corrected chi connectivity index (χ2v) is 8.49. The Bertz CT molecular complexity index is 1330. The maximum atomic E-state index is 13.1. The molecular weight excluding hydrogens is 420 g/mol. The van der Waals surface area contributed by atoms with Gasteiger partial charge in [0.2, 0.25) is 5.89 Å². The van der Waals surface area contributed by atoms with Gasteiger partial charge in [0.05, 0.1) is 28.7 Å². The number of aromatic nitrogens is 4. The van der Waals surface area contributed by atoms with Crippen molar-refractivity contribution in [3.8, 4) is 11.5 Å². The normalized spacial score (nSPS) is 14.7. The van der Waals surface area contributed by atoms with E-state index in [0.29, 0.717) is 37.5 Å². The second kappa shape index (κ2) is 8.32. The number of amides is 1. The van der Waals surface area contributed by atoms with Crippen molar-refractivity contribution in [2.45, 2.75) is 32.8 Å². The smallest absolute Gasteiger partial charge is 0.277 e. The zero-order chi connectivity index (χ0) is 23.1. The van der Waals surface area contributed by atoms with Gasteiger partial charge in [0, 0.05) is 43.0 Å². The van der Waals surface area contributed by atoms with Gasteiger partial charge in [0.15, 0.2) is 5.69 Å². The van der Waals surface area contributed by atoms with Gasteiger partial charge >= 0.3 is 0 Å². The Morgan fingerprint density at radius 3 is 2.76 bits per heavy atom. The minimum Gasteiger partial charge on any atom is -0.444 e. The molecule has 0 atom stereocenters. The summed E-state index contributed by atoms with van der Waals surface area (Å²) in [5, 5.41) is 18.5. The van der Waals surface area contributed by atoms with E-state index in [1.54, 1.807) is 12.3 Å². The molecule has 1 aromatic carbocycles. The summed E-state index contributed by atoms with van der Waals surface area (Å²) in [5.74, 6) is 0.0180. The molecule has 2 N–H and O–H groups in total. The maximum Gasteiger partial charge on any atom is 0.277 e. The van der Waals surface area contributed by atoms with E-state index in [1.165, 1.54) is 6.26 Å².